The van der Waals surface area contributed by atoms with Gasteiger partial charge in [0.1, 0.15) is 28.5 Å². The third kappa shape index (κ3) is 4.07. The molecule has 0 saturated heterocycles. The smallest absolute Gasteiger partial charge is 0.146 e. The van der Waals surface area contributed by atoms with Crippen LogP contribution in [-0.2, 0) is 0 Å². The highest BCUT2D eigenvalue weighted by atomic mass is 127. The molecule has 2 heteroatoms. The molecule has 0 unspecified atom stereocenters. The Morgan fingerprint density at radius 2 is 0.452 bits per heavy atom. The standard InChI is InChI=1S/C40H28P.HI/c1-5-21-33-29(13-1)17-9-25-37(33)41(38-26-10-18-30-14-2-6-22-34(30)38,39-27-11-19-31-15-3-7-23-35(31)39)40-28-12-20-32-16-4-8-24-36(32)40;/h1-28H;1H/q+1;/p-1. The lowest BCUT2D eigenvalue weighted by molar-refractivity contribution is -0.00000752. The van der Waals surface area contributed by atoms with Crippen LogP contribution in [0.4, 0.5) is 0 Å². The van der Waals surface area contributed by atoms with Crippen LogP contribution in [0.3, 0.4) is 0 Å². The van der Waals surface area contributed by atoms with Crippen molar-refractivity contribution in [3.63, 3.8) is 0 Å². The predicted molar refractivity (Wildman–Crippen MR) is 181 cm³/mol. The van der Waals surface area contributed by atoms with Crippen molar-refractivity contribution in [3.05, 3.63) is 170 Å². The Bertz CT molecular complexity index is 1890. The molecule has 0 atom stereocenters. The molecule has 0 nitrogen and oxygen atoms in total. The first-order chi connectivity index (χ1) is 20.4. The van der Waals surface area contributed by atoms with Crippen molar-refractivity contribution in [2.24, 2.45) is 0 Å². The Labute approximate surface area is 264 Å². The minimum absolute atomic E-state index is 0. The Morgan fingerprint density at radius 3 is 0.714 bits per heavy atom. The summed E-state index contributed by atoms with van der Waals surface area (Å²) >= 11 is 0. The first-order valence-electron chi connectivity index (χ1n) is 14.2. The highest BCUT2D eigenvalue weighted by molar-refractivity contribution is 8.02. The van der Waals surface area contributed by atoms with E-state index < -0.39 is 7.26 Å². The van der Waals surface area contributed by atoms with E-state index in [4.69, 9.17) is 0 Å². The molecule has 42 heavy (non-hydrogen) atoms. The van der Waals surface area contributed by atoms with E-state index in [1.54, 1.807) is 0 Å². The topological polar surface area (TPSA) is 0 Å². The number of halogens is 1. The molecule has 0 amide bonds. The zero-order valence-corrected chi connectivity index (χ0v) is 26.0. The van der Waals surface area contributed by atoms with Crippen LogP contribution >= 0.6 is 7.26 Å². The van der Waals surface area contributed by atoms with E-state index in [9.17, 15) is 0 Å². The van der Waals surface area contributed by atoms with E-state index >= 15 is 0 Å². The Hall–Kier alpha value is -4.04. The van der Waals surface area contributed by atoms with Gasteiger partial charge in [0, 0.05) is 21.5 Å². The lowest BCUT2D eigenvalue weighted by Gasteiger charge is -2.31. The van der Waals surface area contributed by atoms with Crippen molar-refractivity contribution in [1.82, 2.24) is 0 Å². The van der Waals surface area contributed by atoms with Crippen molar-refractivity contribution >= 4 is 71.6 Å². The molecule has 0 fully saturated rings. The van der Waals surface area contributed by atoms with Gasteiger partial charge >= 0.3 is 0 Å². The van der Waals surface area contributed by atoms with Gasteiger partial charge < -0.3 is 24.0 Å². The van der Waals surface area contributed by atoms with Crippen LogP contribution in [-0.4, -0.2) is 0 Å². The van der Waals surface area contributed by atoms with Gasteiger partial charge in [-0.05, 0) is 45.8 Å². The molecule has 0 heterocycles. The highest BCUT2D eigenvalue weighted by Gasteiger charge is 2.51. The largest absolute Gasteiger partial charge is 1.00 e. The molecule has 0 spiro atoms. The van der Waals surface area contributed by atoms with Gasteiger partial charge in [0.05, 0.1) is 0 Å². The van der Waals surface area contributed by atoms with Gasteiger partial charge in [-0.25, -0.2) is 0 Å². The summed E-state index contributed by atoms with van der Waals surface area (Å²) in [5, 5.41) is 16.0. The van der Waals surface area contributed by atoms with Gasteiger partial charge in [-0.15, -0.1) is 0 Å². The van der Waals surface area contributed by atoms with Crippen LogP contribution in [0, 0.1) is 0 Å². The fraction of sp³-hybridized carbons (Fsp3) is 0. The van der Waals surface area contributed by atoms with Crippen molar-refractivity contribution in [1.29, 1.82) is 0 Å². The predicted octanol–water partition coefficient (Wildman–Crippen LogP) is 5.92. The number of benzene rings is 8. The zero-order valence-electron chi connectivity index (χ0n) is 23.0. The van der Waals surface area contributed by atoms with Crippen molar-refractivity contribution in [2.45, 2.75) is 0 Å². The fourth-order valence-corrected chi connectivity index (χ4v) is 11.8. The molecule has 200 valence electrons. The number of fused-ring (bicyclic) bond motifs is 4. The summed E-state index contributed by atoms with van der Waals surface area (Å²) in [5.41, 5.74) is 0. The quantitative estimate of drug-likeness (QED) is 0.162. The lowest BCUT2D eigenvalue weighted by Crippen LogP contribution is -3.00. The number of rotatable bonds is 4. The van der Waals surface area contributed by atoms with Crippen LogP contribution in [0.5, 0.6) is 0 Å². The van der Waals surface area contributed by atoms with Crippen LogP contribution in [0.1, 0.15) is 0 Å². The van der Waals surface area contributed by atoms with Gasteiger partial charge in [0.25, 0.3) is 0 Å². The molecule has 8 aromatic carbocycles. The summed E-state index contributed by atoms with van der Waals surface area (Å²) in [6.45, 7) is 0. The highest BCUT2D eigenvalue weighted by Crippen LogP contribution is 2.59. The molecule has 0 saturated carbocycles. The molecule has 8 rings (SSSR count). The molecule has 0 aliphatic rings. The van der Waals surface area contributed by atoms with Crippen molar-refractivity contribution < 1.29 is 24.0 Å². The Morgan fingerprint density at radius 1 is 0.238 bits per heavy atom. The summed E-state index contributed by atoms with van der Waals surface area (Å²) in [7, 11) is -2.49. The van der Waals surface area contributed by atoms with Crippen LogP contribution < -0.4 is 45.2 Å². The van der Waals surface area contributed by atoms with E-state index in [1.165, 1.54) is 64.3 Å². The summed E-state index contributed by atoms with van der Waals surface area (Å²) in [6.07, 6.45) is 0. The van der Waals surface area contributed by atoms with Crippen molar-refractivity contribution in [3.8, 4) is 0 Å². The first kappa shape index (κ1) is 26.8. The molecule has 0 aliphatic heterocycles. The van der Waals surface area contributed by atoms with Gasteiger partial charge in [0.2, 0.25) is 0 Å². The SMILES string of the molecule is [I-].c1ccc2c([P+](c3cccc4ccccc34)(c3cccc4ccccc34)c3cccc4ccccc34)cccc2c1. The van der Waals surface area contributed by atoms with Crippen LogP contribution in [0.25, 0.3) is 43.1 Å². The van der Waals surface area contributed by atoms with Gasteiger partial charge in [-0.2, -0.15) is 0 Å². The van der Waals surface area contributed by atoms with Gasteiger partial charge in [-0.3, -0.25) is 0 Å². The summed E-state index contributed by atoms with van der Waals surface area (Å²) in [6, 6.07) is 63.3. The Kier molecular flexibility index (Phi) is 7.02. The second kappa shape index (κ2) is 11.0. The van der Waals surface area contributed by atoms with E-state index in [2.05, 4.69) is 170 Å². The van der Waals surface area contributed by atoms with Gasteiger partial charge in [0.15, 0.2) is 0 Å². The van der Waals surface area contributed by atoms with Crippen LogP contribution in [0.2, 0.25) is 0 Å². The summed E-state index contributed by atoms with van der Waals surface area (Å²) in [4.78, 5) is 0. The minimum atomic E-state index is -2.49. The summed E-state index contributed by atoms with van der Waals surface area (Å²) in [5.74, 6) is 0. The summed E-state index contributed by atoms with van der Waals surface area (Å²) < 4.78 is 0. The van der Waals surface area contributed by atoms with E-state index in [-0.39, 0.29) is 24.0 Å². The first-order valence-corrected chi connectivity index (χ1v) is 16.0. The third-order valence-electron chi connectivity index (χ3n) is 8.51. The maximum atomic E-state index is 2.40. The molecule has 0 bridgehead atoms. The average molecular weight is 667 g/mol. The van der Waals surface area contributed by atoms with Crippen LogP contribution in [0.15, 0.2) is 170 Å². The zero-order chi connectivity index (χ0) is 27.2. The normalized spacial score (nSPS) is 11.6. The van der Waals surface area contributed by atoms with E-state index in [0.717, 1.165) is 0 Å². The molecule has 8 aromatic rings. The molecular formula is C40H28IP. The minimum Gasteiger partial charge on any atom is -1.00 e. The maximum Gasteiger partial charge on any atom is 0.146 e. The van der Waals surface area contributed by atoms with E-state index in [1.807, 2.05) is 0 Å². The lowest BCUT2D eigenvalue weighted by atomic mass is 10.1. The molecule has 0 aliphatic carbocycles. The monoisotopic (exact) mass is 666 g/mol. The second-order valence-electron chi connectivity index (χ2n) is 10.7. The second-order valence-corrected chi connectivity index (χ2v) is 13.9. The fourth-order valence-electron chi connectivity index (χ4n) is 6.78. The number of hydrogen-bond donors (Lipinski definition) is 0. The number of hydrogen-bond acceptors (Lipinski definition) is 0. The Balaban J connectivity index is 0.00000288. The maximum absolute atomic E-state index is 2.49. The van der Waals surface area contributed by atoms with Gasteiger partial charge in [-0.1, -0.05) is 146 Å². The average Bonchev–Trinajstić information content (AvgIpc) is 3.05. The molecule has 0 N–H and O–H groups in total. The molecule has 0 aromatic heterocycles. The molecular weight excluding hydrogens is 638 g/mol. The van der Waals surface area contributed by atoms with E-state index in [0.29, 0.717) is 0 Å². The van der Waals surface area contributed by atoms with Crippen molar-refractivity contribution in [2.75, 3.05) is 0 Å². The molecule has 0 radical (unpaired) electrons. The third-order valence-corrected chi connectivity index (χ3v) is 13.0.